The first-order valence-corrected chi connectivity index (χ1v) is 7.19. The van der Waals surface area contributed by atoms with Gasteiger partial charge in [0.15, 0.2) is 0 Å². The summed E-state index contributed by atoms with van der Waals surface area (Å²) >= 11 is 0. The molecule has 2 aromatic heterocycles. The van der Waals surface area contributed by atoms with Crippen molar-refractivity contribution in [3.8, 4) is 0 Å². The van der Waals surface area contributed by atoms with E-state index in [1.807, 2.05) is 12.1 Å². The summed E-state index contributed by atoms with van der Waals surface area (Å²) in [7, 11) is 0. The Morgan fingerprint density at radius 1 is 1.21 bits per heavy atom. The molecule has 0 unspecified atom stereocenters. The Bertz CT molecular complexity index is 483. The lowest BCUT2D eigenvalue weighted by Gasteiger charge is -2.21. The van der Waals surface area contributed by atoms with Crippen LogP contribution in [0.4, 0.5) is 0 Å². The van der Waals surface area contributed by atoms with Crippen molar-refractivity contribution in [2.24, 2.45) is 0 Å². The SMILES string of the molecule is c1coc(CNCc2ccn(C3CCCCC3)n2)c1. The van der Waals surface area contributed by atoms with Crippen molar-refractivity contribution in [1.82, 2.24) is 15.1 Å². The Morgan fingerprint density at radius 2 is 2.11 bits per heavy atom. The summed E-state index contributed by atoms with van der Waals surface area (Å²) in [6.07, 6.45) is 10.5. The molecule has 1 N–H and O–H groups in total. The maximum absolute atomic E-state index is 5.28. The topological polar surface area (TPSA) is 43.0 Å². The summed E-state index contributed by atoms with van der Waals surface area (Å²) in [5, 5.41) is 8.03. The molecule has 102 valence electrons. The van der Waals surface area contributed by atoms with E-state index < -0.39 is 0 Å². The molecule has 2 heterocycles. The third kappa shape index (κ3) is 3.26. The van der Waals surface area contributed by atoms with Crippen LogP contribution in [0.5, 0.6) is 0 Å². The summed E-state index contributed by atoms with van der Waals surface area (Å²) in [6, 6.07) is 6.62. The van der Waals surface area contributed by atoms with E-state index in [0.717, 1.165) is 24.5 Å². The van der Waals surface area contributed by atoms with Gasteiger partial charge in [0.1, 0.15) is 5.76 Å². The first kappa shape index (κ1) is 12.5. The van der Waals surface area contributed by atoms with Gasteiger partial charge in [-0.05, 0) is 31.0 Å². The third-order valence-corrected chi connectivity index (χ3v) is 3.80. The van der Waals surface area contributed by atoms with Crippen LogP contribution in [-0.4, -0.2) is 9.78 Å². The maximum atomic E-state index is 5.28. The number of hydrogen-bond acceptors (Lipinski definition) is 3. The lowest BCUT2D eigenvalue weighted by molar-refractivity contribution is 0.327. The smallest absolute Gasteiger partial charge is 0.117 e. The molecule has 3 rings (SSSR count). The van der Waals surface area contributed by atoms with Gasteiger partial charge in [-0.2, -0.15) is 5.10 Å². The first-order chi connectivity index (χ1) is 9.42. The molecule has 2 aromatic rings. The number of aromatic nitrogens is 2. The predicted molar refractivity (Wildman–Crippen MR) is 73.6 cm³/mol. The van der Waals surface area contributed by atoms with Crippen LogP contribution in [0.3, 0.4) is 0 Å². The summed E-state index contributed by atoms with van der Waals surface area (Å²) in [4.78, 5) is 0. The van der Waals surface area contributed by atoms with Gasteiger partial charge in [0.25, 0.3) is 0 Å². The quantitative estimate of drug-likeness (QED) is 0.896. The molecular formula is C15H21N3O. The fraction of sp³-hybridized carbons (Fsp3) is 0.533. The highest BCUT2D eigenvalue weighted by Gasteiger charge is 2.15. The van der Waals surface area contributed by atoms with Crippen molar-refractivity contribution in [3.63, 3.8) is 0 Å². The predicted octanol–water partition coefficient (Wildman–Crippen LogP) is 3.27. The standard InChI is InChI=1S/C15H21N3O/c1-2-5-14(6-3-1)18-9-8-13(17-18)11-16-12-15-7-4-10-19-15/h4,7-10,14,16H,1-3,5-6,11-12H2. The molecule has 4 heteroatoms. The van der Waals surface area contributed by atoms with Crippen LogP contribution < -0.4 is 5.32 Å². The molecule has 0 radical (unpaired) electrons. The Balaban J connectivity index is 1.50. The van der Waals surface area contributed by atoms with Gasteiger partial charge in [-0.1, -0.05) is 19.3 Å². The van der Waals surface area contributed by atoms with Crippen LogP contribution in [0.2, 0.25) is 0 Å². The van der Waals surface area contributed by atoms with Crippen LogP contribution in [0.1, 0.15) is 49.6 Å². The van der Waals surface area contributed by atoms with Gasteiger partial charge < -0.3 is 9.73 Å². The van der Waals surface area contributed by atoms with Crippen LogP contribution in [-0.2, 0) is 13.1 Å². The second-order valence-corrected chi connectivity index (χ2v) is 5.26. The summed E-state index contributed by atoms with van der Waals surface area (Å²) in [5.74, 6) is 0.965. The zero-order valence-electron chi connectivity index (χ0n) is 11.2. The fourth-order valence-corrected chi connectivity index (χ4v) is 2.75. The van der Waals surface area contributed by atoms with Gasteiger partial charge in [0, 0.05) is 12.7 Å². The molecule has 1 saturated carbocycles. The molecule has 0 bridgehead atoms. The monoisotopic (exact) mass is 259 g/mol. The van der Waals surface area contributed by atoms with Gasteiger partial charge in [-0.15, -0.1) is 0 Å². The Hall–Kier alpha value is -1.55. The first-order valence-electron chi connectivity index (χ1n) is 7.19. The van der Waals surface area contributed by atoms with E-state index in [4.69, 9.17) is 4.42 Å². The lowest BCUT2D eigenvalue weighted by atomic mass is 9.96. The highest BCUT2D eigenvalue weighted by atomic mass is 16.3. The van der Waals surface area contributed by atoms with Gasteiger partial charge in [0.05, 0.1) is 24.5 Å². The third-order valence-electron chi connectivity index (χ3n) is 3.80. The minimum absolute atomic E-state index is 0.618. The number of furan rings is 1. The van der Waals surface area contributed by atoms with E-state index in [2.05, 4.69) is 27.4 Å². The summed E-state index contributed by atoms with van der Waals surface area (Å²) in [6.45, 7) is 1.55. The molecule has 0 aliphatic heterocycles. The Labute approximate surface area is 113 Å². The average molecular weight is 259 g/mol. The van der Waals surface area contributed by atoms with Crippen molar-refractivity contribution in [1.29, 1.82) is 0 Å². The second kappa shape index (κ2) is 6.06. The lowest BCUT2D eigenvalue weighted by Crippen LogP contribution is -2.15. The van der Waals surface area contributed by atoms with Gasteiger partial charge in [-0.3, -0.25) is 4.68 Å². The number of nitrogens with zero attached hydrogens (tertiary/aromatic N) is 2. The van der Waals surface area contributed by atoms with E-state index in [0.29, 0.717) is 6.04 Å². The molecule has 0 saturated heterocycles. The van der Waals surface area contributed by atoms with Crippen LogP contribution in [0, 0.1) is 0 Å². The zero-order chi connectivity index (χ0) is 12.9. The van der Waals surface area contributed by atoms with Crippen molar-refractivity contribution < 1.29 is 4.42 Å². The molecule has 1 aliphatic carbocycles. The molecule has 19 heavy (non-hydrogen) atoms. The maximum Gasteiger partial charge on any atom is 0.117 e. The van der Waals surface area contributed by atoms with E-state index in [-0.39, 0.29) is 0 Å². The van der Waals surface area contributed by atoms with Crippen molar-refractivity contribution in [2.45, 2.75) is 51.2 Å². The van der Waals surface area contributed by atoms with Crippen LogP contribution in [0.25, 0.3) is 0 Å². The second-order valence-electron chi connectivity index (χ2n) is 5.26. The minimum atomic E-state index is 0.618. The summed E-state index contributed by atoms with van der Waals surface area (Å²) < 4.78 is 7.44. The fourth-order valence-electron chi connectivity index (χ4n) is 2.75. The van der Waals surface area contributed by atoms with E-state index >= 15 is 0 Å². The summed E-state index contributed by atoms with van der Waals surface area (Å²) in [5.41, 5.74) is 1.11. The van der Waals surface area contributed by atoms with Gasteiger partial charge in [0.2, 0.25) is 0 Å². The molecule has 0 aromatic carbocycles. The highest BCUT2D eigenvalue weighted by Crippen LogP contribution is 2.27. The van der Waals surface area contributed by atoms with Crippen molar-refractivity contribution in [3.05, 3.63) is 42.1 Å². The molecule has 1 fully saturated rings. The van der Waals surface area contributed by atoms with E-state index in [1.165, 1.54) is 32.1 Å². The molecule has 1 aliphatic rings. The van der Waals surface area contributed by atoms with Crippen molar-refractivity contribution in [2.75, 3.05) is 0 Å². The Morgan fingerprint density at radius 3 is 2.89 bits per heavy atom. The van der Waals surface area contributed by atoms with E-state index in [1.54, 1.807) is 6.26 Å². The molecule has 0 atom stereocenters. The molecule has 0 amide bonds. The van der Waals surface area contributed by atoms with Gasteiger partial charge in [-0.25, -0.2) is 0 Å². The number of hydrogen-bond donors (Lipinski definition) is 1. The highest BCUT2D eigenvalue weighted by molar-refractivity contribution is 5.01. The number of nitrogens with one attached hydrogen (secondary N) is 1. The van der Waals surface area contributed by atoms with Crippen molar-refractivity contribution >= 4 is 0 Å². The van der Waals surface area contributed by atoms with Gasteiger partial charge >= 0.3 is 0 Å². The largest absolute Gasteiger partial charge is 0.468 e. The minimum Gasteiger partial charge on any atom is -0.468 e. The average Bonchev–Trinajstić information content (AvgIpc) is 3.11. The Kier molecular flexibility index (Phi) is 3.98. The molecule has 4 nitrogen and oxygen atoms in total. The number of rotatable bonds is 5. The molecule has 0 spiro atoms. The van der Waals surface area contributed by atoms with E-state index in [9.17, 15) is 0 Å². The molecular weight excluding hydrogens is 238 g/mol. The van der Waals surface area contributed by atoms with Crippen LogP contribution >= 0.6 is 0 Å². The normalized spacial score (nSPS) is 16.8. The zero-order valence-corrected chi connectivity index (χ0v) is 11.2. The van der Waals surface area contributed by atoms with Crippen LogP contribution in [0.15, 0.2) is 35.1 Å².